The summed E-state index contributed by atoms with van der Waals surface area (Å²) in [6, 6.07) is 11.7. The fourth-order valence-corrected chi connectivity index (χ4v) is 8.08. The zero-order chi connectivity index (χ0) is 32.2. The van der Waals surface area contributed by atoms with Crippen LogP contribution >= 0.6 is 0 Å². The number of likely N-dealkylation sites (tertiary alicyclic amines) is 2. The maximum atomic E-state index is 14.1. The van der Waals surface area contributed by atoms with Crippen LogP contribution in [0.1, 0.15) is 60.8 Å². The Kier molecular flexibility index (Phi) is 10.1. The van der Waals surface area contributed by atoms with Gasteiger partial charge in [0, 0.05) is 64.1 Å². The molecule has 4 heterocycles. The van der Waals surface area contributed by atoms with E-state index < -0.39 is 6.04 Å². The van der Waals surface area contributed by atoms with Crippen LogP contribution < -0.4 is 10.6 Å². The molecular weight excluding hydrogens is 578 g/mol. The number of benzene rings is 2. The maximum Gasteiger partial charge on any atom is 0.322 e. The normalized spacial score (nSPS) is 20.9. The number of carbonyl (C=O) groups is 2. The lowest BCUT2D eigenvalue weighted by Gasteiger charge is -2.41. The molecule has 46 heavy (non-hydrogen) atoms. The monoisotopic (exact) mass is 629 g/mol. The molecule has 3 amide bonds. The number of rotatable bonds is 8. The summed E-state index contributed by atoms with van der Waals surface area (Å²) in [6.07, 6.45) is 7.41. The second kappa shape index (κ2) is 14.4. The van der Waals surface area contributed by atoms with Gasteiger partial charge in [0.2, 0.25) is 5.91 Å². The highest BCUT2D eigenvalue weighted by Gasteiger charge is 2.34. The molecule has 4 aliphatic rings. The Hall–Kier alpha value is -3.72. The van der Waals surface area contributed by atoms with E-state index in [0.717, 1.165) is 113 Å². The predicted molar refractivity (Wildman–Crippen MR) is 181 cm³/mol. The number of nitrogens with one attached hydrogen (secondary N) is 2. The lowest BCUT2D eigenvalue weighted by molar-refractivity contribution is -0.135. The topological polar surface area (TPSA) is 97.4 Å². The third kappa shape index (κ3) is 7.30. The van der Waals surface area contributed by atoms with Crippen LogP contribution in [0, 0.1) is 25.7 Å². The van der Waals surface area contributed by atoms with Gasteiger partial charge in [0.05, 0.1) is 5.82 Å². The molecule has 9 heteroatoms. The number of piperidine rings is 2. The predicted octanol–water partition coefficient (Wildman–Crippen LogP) is 5.20. The molecule has 3 saturated heterocycles. The van der Waals surface area contributed by atoms with Crippen molar-refractivity contribution in [3.8, 4) is 5.75 Å². The first-order chi connectivity index (χ1) is 22.3. The Labute approximate surface area is 274 Å². The van der Waals surface area contributed by atoms with Gasteiger partial charge in [-0.15, -0.1) is 0 Å². The Morgan fingerprint density at radius 1 is 0.957 bits per heavy atom. The van der Waals surface area contributed by atoms with E-state index in [0.29, 0.717) is 30.6 Å². The molecule has 0 radical (unpaired) electrons. The third-order valence-corrected chi connectivity index (χ3v) is 10.8. The quantitative estimate of drug-likeness (QED) is 0.372. The van der Waals surface area contributed by atoms with Crippen LogP contribution in [-0.4, -0.2) is 89.8 Å². The average Bonchev–Trinajstić information content (AvgIpc) is 3.25. The summed E-state index contributed by atoms with van der Waals surface area (Å²) in [6.45, 7) is 13.7. The number of fused-ring (bicyclic) bond motifs is 1. The third-order valence-electron chi connectivity index (χ3n) is 10.8. The summed E-state index contributed by atoms with van der Waals surface area (Å²) < 4.78 is 5.59. The molecule has 6 rings (SSSR count). The van der Waals surface area contributed by atoms with Gasteiger partial charge < -0.3 is 35.2 Å². The van der Waals surface area contributed by atoms with Gasteiger partial charge in [-0.1, -0.05) is 36.9 Å². The van der Waals surface area contributed by atoms with E-state index in [4.69, 9.17) is 4.74 Å². The standard InChI is InChI=1S/C37H51N5O4/c1-25-22-28(23-26(2)35(25)43)24-34(36(44)41-15-8-29(9-16-41)30-13-20-46-21-14-30)38-27(3)40-17-11-32(12-18-40)42-19-10-31-6-4-5-7-33(31)39-37(42)45/h4-7,22-23,29-30,32,34,38,43H,3,8-21,24H2,1-2H3,(H,39,45)/t34-/m1/s1. The van der Waals surface area contributed by atoms with E-state index in [1.807, 2.05) is 54.0 Å². The number of ether oxygens (including phenoxy) is 1. The molecule has 0 aromatic heterocycles. The molecular formula is C37H51N5O4. The Balaban J connectivity index is 1.09. The molecule has 0 spiro atoms. The fraction of sp³-hybridized carbons (Fsp3) is 0.568. The number of amides is 3. The van der Waals surface area contributed by atoms with E-state index in [1.165, 1.54) is 5.56 Å². The van der Waals surface area contributed by atoms with E-state index in [9.17, 15) is 14.7 Å². The number of nitrogens with zero attached hydrogens (tertiary/aromatic N) is 3. The number of para-hydroxylation sites is 1. The zero-order valence-corrected chi connectivity index (χ0v) is 27.6. The lowest BCUT2D eigenvalue weighted by Crippen LogP contribution is -2.53. The van der Waals surface area contributed by atoms with Gasteiger partial charge >= 0.3 is 6.03 Å². The van der Waals surface area contributed by atoms with Crippen molar-refractivity contribution >= 4 is 17.6 Å². The molecule has 0 bridgehead atoms. The van der Waals surface area contributed by atoms with Crippen molar-refractivity contribution in [1.29, 1.82) is 0 Å². The van der Waals surface area contributed by atoms with E-state index in [2.05, 4.69) is 28.2 Å². The van der Waals surface area contributed by atoms with Gasteiger partial charge in [0.25, 0.3) is 0 Å². The molecule has 0 saturated carbocycles. The summed E-state index contributed by atoms with van der Waals surface area (Å²) in [5.74, 6) is 2.56. The molecule has 9 nitrogen and oxygen atoms in total. The van der Waals surface area contributed by atoms with Crippen molar-refractivity contribution in [2.75, 3.05) is 51.3 Å². The molecule has 3 fully saturated rings. The van der Waals surface area contributed by atoms with Crippen molar-refractivity contribution in [3.05, 3.63) is 71.1 Å². The highest BCUT2D eigenvalue weighted by molar-refractivity contribution is 5.91. The van der Waals surface area contributed by atoms with E-state index in [-0.39, 0.29) is 18.0 Å². The Morgan fingerprint density at radius 2 is 1.59 bits per heavy atom. The Morgan fingerprint density at radius 3 is 2.28 bits per heavy atom. The smallest absolute Gasteiger partial charge is 0.322 e. The molecule has 248 valence electrons. The molecule has 4 aliphatic heterocycles. The van der Waals surface area contributed by atoms with Crippen LogP contribution in [0.2, 0.25) is 0 Å². The molecule has 0 aliphatic carbocycles. The molecule has 3 N–H and O–H groups in total. The highest BCUT2D eigenvalue weighted by Crippen LogP contribution is 2.32. The second-order valence-corrected chi connectivity index (χ2v) is 13.8. The first kappa shape index (κ1) is 32.2. The minimum absolute atomic E-state index is 0.0221. The SMILES string of the molecule is C=C(N[C@H](Cc1cc(C)c(O)c(C)c1)C(=O)N1CCC(C2CCOCC2)CC1)N1CCC(N2CCc3ccccc3NC2=O)CC1. The summed E-state index contributed by atoms with van der Waals surface area (Å²) in [5.41, 5.74) is 4.75. The van der Waals surface area contributed by atoms with Crippen molar-refractivity contribution in [2.24, 2.45) is 11.8 Å². The molecule has 0 unspecified atom stereocenters. The Bertz CT molecular complexity index is 1380. The van der Waals surface area contributed by atoms with Gasteiger partial charge in [-0.25, -0.2) is 4.79 Å². The first-order valence-corrected chi connectivity index (χ1v) is 17.3. The van der Waals surface area contributed by atoms with Crippen LogP contribution in [0.15, 0.2) is 48.8 Å². The van der Waals surface area contributed by atoms with Gasteiger partial charge in [-0.05, 0) is 98.9 Å². The molecule has 2 aromatic carbocycles. The fourth-order valence-electron chi connectivity index (χ4n) is 8.08. The van der Waals surface area contributed by atoms with Crippen LogP contribution in [0.5, 0.6) is 5.75 Å². The molecule has 2 aromatic rings. The number of phenols is 1. The van der Waals surface area contributed by atoms with Gasteiger partial charge in [-0.2, -0.15) is 0 Å². The second-order valence-electron chi connectivity index (χ2n) is 13.8. The van der Waals surface area contributed by atoms with Crippen molar-refractivity contribution < 1.29 is 19.4 Å². The van der Waals surface area contributed by atoms with E-state index in [1.54, 1.807) is 0 Å². The average molecular weight is 630 g/mol. The van der Waals surface area contributed by atoms with Crippen LogP contribution in [0.25, 0.3) is 0 Å². The van der Waals surface area contributed by atoms with Gasteiger partial charge in [0.15, 0.2) is 0 Å². The van der Waals surface area contributed by atoms with Crippen LogP contribution in [-0.2, 0) is 22.4 Å². The van der Waals surface area contributed by atoms with Crippen molar-refractivity contribution in [2.45, 2.75) is 77.3 Å². The van der Waals surface area contributed by atoms with E-state index >= 15 is 0 Å². The zero-order valence-electron chi connectivity index (χ0n) is 27.6. The van der Waals surface area contributed by atoms with Crippen LogP contribution in [0.3, 0.4) is 0 Å². The highest BCUT2D eigenvalue weighted by atomic mass is 16.5. The largest absolute Gasteiger partial charge is 0.507 e. The minimum Gasteiger partial charge on any atom is -0.507 e. The number of urea groups is 1. The summed E-state index contributed by atoms with van der Waals surface area (Å²) in [4.78, 5) is 33.5. The number of hydrogen-bond acceptors (Lipinski definition) is 6. The summed E-state index contributed by atoms with van der Waals surface area (Å²) >= 11 is 0. The van der Waals surface area contributed by atoms with Gasteiger partial charge in [-0.3, -0.25) is 4.79 Å². The summed E-state index contributed by atoms with van der Waals surface area (Å²) in [5, 5.41) is 17.0. The number of carbonyl (C=O) groups excluding carboxylic acids is 2. The molecule has 1 atom stereocenters. The first-order valence-electron chi connectivity index (χ1n) is 17.3. The van der Waals surface area contributed by atoms with Gasteiger partial charge in [0.1, 0.15) is 11.8 Å². The lowest BCUT2D eigenvalue weighted by atomic mass is 9.80. The van der Waals surface area contributed by atoms with Crippen molar-refractivity contribution in [3.63, 3.8) is 0 Å². The van der Waals surface area contributed by atoms with Crippen LogP contribution in [0.4, 0.5) is 10.5 Å². The summed E-state index contributed by atoms with van der Waals surface area (Å²) in [7, 11) is 0. The maximum absolute atomic E-state index is 14.1. The number of aryl methyl sites for hydroxylation is 2. The number of phenolic OH excluding ortho intramolecular Hbond substituents is 1. The minimum atomic E-state index is -0.455. The number of aromatic hydroxyl groups is 1. The van der Waals surface area contributed by atoms with Crippen molar-refractivity contribution in [1.82, 2.24) is 20.0 Å². The number of hydrogen-bond donors (Lipinski definition) is 3. The number of anilines is 1.